The van der Waals surface area contributed by atoms with Gasteiger partial charge in [0.25, 0.3) is 5.92 Å². The van der Waals surface area contributed by atoms with Gasteiger partial charge in [0.2, 0.25) is 0 Å². The Hall–Kier alpha value is -1.01. The van der Waals surface area contributed by atoms with Crippen molar-refractivity contribution in [1.82, 2.24) is 0 Å². The quantitative estimate of drug-likeness (QED) is 0.369. The predicted molar refractivity (Wildman–Crippen MR) is 116 cm³/mol. The minimum Gasteiger partial charge on any atom is -0.469 e. The highest BCUT2D eigenvalue weighted by atomic mass is 19.3. The second-order valence-electron chi connectivity index (χ2n) is 9.99. The number of ether oxygens (including phenoxy) is 2. The number of aliphatic hydroxyl groups is 1. The van der Waals surface area contributed by atoms with Gasteiger partial charge < -0.3 is 14.6 Å². The average molecular weight is 443 g/mol. The number of aliphatic hydroxyl groups excluding tert-OH is 1. The number of halogens is 2. The first kappa shape index (κ1) is 24.6. The van der Waals surface area contributed by atoms with E-state index in [1.807, 2.05) is 0 Å². The number of carbonyl (C=O) groups excluding carboxylic acids is 1. The van der Waals surface area contributed by atoms with Crippen LogP contribution in [0.3, 0.4) is 0 Å². The maximum atomic E-state index is 14.5. The molecule has 5 atom stereocenters. The highest BCUT2D eigenvalue weighted by molar-refractivity contribution is 5.68. The summed E-state index contributed by atoms with van der Waals surface area (Å²) >= 11 is 0. The summed E-state index contributed by atoms with van der Waals surface area (Å²) in [7, 11) is 1.40. The zero-order valence-corrected chi connectivity index (χ0v) is 18.9. The van der Waals surface area contributed by atoms with Crippen molar-refractivity contribution in [1.29, 1.82) is 0 Å². The molecule has 0 aromatic heterocycles. The van der Waals surface area contributed by atoms with Crippen LogP contribution >= 0.6 is 0 Å². The molecular weight excluding hydrogens is 402 g/mol. The Morgan fingerprint density at radius 2 is 1.90 bits per heavy atom. The summed E-state index contributed by atoms with van der Waals surface area (Å²) in [6.07, 6.45) is 12.6. The van der Waals surface area contributed by atoms with Gasteiger partial charge in [0.15, 0.2) is 0 Å². The van der Waals surface area contributed by atoms with E-state index in [-0.39, 0.29) is 30.3 Å². The third-order valence-corrected chi connectivity index (χ3v) is 7.74. The van der Waals surface area contributed by atoms with Crippen molar-refractivity contribution in [2.75, 3.05) is 13.7 Å². The molecule has 0 aromatic carbocycles. The van der Waals surface area contributed by atoms with E-state index in [2.05, 4.69) is 4.74 Å². The maximum Gasteiger partial charge on any atom is 0.305 e. The van der Waals surface area contributed by atoms with E-state index < -0.39 is 12.0 Å². The Labute approximate surface area is 185 Å². The largest absolute Gasteiger partial charge is 0.469 e. The molecule has 6 heteroatoms. The molecule has 3 fully saturated rings. The fraction of sp³-hybridized carbons (Fsp3) is 0.880. The molecule has 3 aliphatic rings. The van der Waals surface area contributed by atoms with Crippen LogP contribution in [0.25, 0.3) is 0 Å². The van der Waals surface area contributed by atoms with Gasteiger partial charge in [0, 0.05) is 31.8 Å². The first-order chi connectivity index (χ1) is 14.9. The Kier molecular flexibility index (Phi) is 9.32. The van der Waals surface area contributed by atoms with Gasteiger partial charge in [-0.15, -0.1) is 0 Å². The Balaban J connectivity index is 1.48. The molecule has 0 amide bonds. The maximum absolute atomic E-state index is 14.5. The first-order valence-electron chi connectivity index (χ1n) is 12.3. The fourth-order valence-corrected chi connectivity index (χ4v) is 5.79. The summed E-state index contributed by atoms with van der Waals surface area (Å²) < 4.78 is 39.8. The van der Waals surface area contributed by atoms with E-state index in [1.54, 1.807) is 6.08 Å². The smallest absolute Gasteiger partial charge is 0.305 e. The van der Waals surface area contributed by atoms with Crippen molar-refractivity contribution in [3.8, 4) is 0 Å². The van der Waals surface area contributed by atoms with Gasteiger partial charge in [-0.05, 0) is 55.9 Å². The number of hydrogen-bond donors (Lipinski definition) is 1. The van der Waals surface area contributed by atoms with Gasteiger partial charge in [-0.1, -0.05) is 38.2 Å². The SMILES string of the molecule is COC(=O)CCC[C@H]1CC[C@@H]2[C@@H](/C=C/C(F)(F)CCC3CCCCC3)[C@H](O)C[C@@H]2OC1. The monoisotopic (exact) mass is 442 g/mol. The van der Waals surface area contributed by atoms with E-state index in [9.17, 15) is 18.7 Å². The summed E-state index contributed by atoms with van der Waals surface area (Å²) in [4.78, 5) is 11.3. The predicted octanol–water partition coefficient (Wildman–Crippen LogP) is 5.67. The second-order valence-corrected chi connectivity index (χ2v) is 9.99. The number of alkyl halides is 2. The zero-order valence-electron chi connectivity index (χ0n) is 18.9. The zero-order chi connectivity index (χ0) is 22.3. The van der Waals surface area contributed by atoms with Crippen LogP contribution in [0, 0.1) is 23.7 Å². The second kappa shape index (κ2) is 11.7. The number of carbonyl (C=O) groups is 1. The summed E-state index contributed by atoms with van der Waals surface area (Å²) in [5, 5.41) is 10.5. The Bertz CT molecular complexity index is 588. The lowest BCUT2D eigenvalue weighted by atomic mass is 9.84. The summed E-state index contributed by atoms with van der Waals surface area (Å²) in [6.45, 7) is 0.614. The van der Waals surface area contributed by atoms with Gasteiger partial charge >= 0.3 is 5.97 Å². The standard InChI is InChI=1S/C25H40F2O4/c1-30-24(29)9-5-8-19-10-11-21-20(22(28)16-23(21)31-17-19)13-15-25(26,27)14-12-18-6-3-2-4-7-18/h13,15,18-23,28H,2-12,14,16-17H2,1H3/b15-13+/t19-,20+,21+,22+,23-/m0/s1. The van der Waals surface area contributed by atoms with Gasteiger partial charge in [0.05, 0.1) is 19.3 Å². The molecule has 3 rings (SSSR count). The van der Waals surface area contributed by atoms with E-state index in [4.69, 9.17) is 4.74 Å². The van der Waals surface area contributed by atoms with Crippen LogP contribution in [-0.2, 0) is 14.3 Å². The van der Waals surface area contributed by atoms with Crippen LogP contribution < -0.4 is 0 Å². The molecule has 31 heavy (non-hydrogen) atoms. The topological polar surface area (TPSA) is 55.8 Å². The molecule has 0 spiro atoms. The molecule has 2 saturated carbocycles. The molecule has 1 saturated heterocycles. The molecule has 1 heterocycles. The third kappa shape index (κ3) is 7.52. The summed E-state index contributed by atoms with van der Waals surface area (Å²) in [6, 6.07) is 0. The van der Waals surface area contributed by atoms with Crippen LogP contribution in [0.2, 0.25) is 0 Å². The van der Waals surface area contributed by atoms with E-state index in [0.717, 1.165) is 44.6 Å². The lowest BCUT2D eigenvalue weighted by Crippen LogP contribution is -2.22. The molecule has 0 bridgehead atoms. The van der Waals surface area contributed by atoms with Crippen LogP contribution in [0.15, 0.2) is 12.2 Å². The Morgan fingerprint density at radius 1 is 1.13 bits per heavy atom. The Morgan fingerprint density at radius 3 is 2.65 bits per heavy atom. The average Bonchev–Trinajstić information content (AvgIpc) is 2.93. The third-order valence-electron chi connectivity index (χ3n) is 7.74. The highest BCUT2D eigenvalue weighted by Crippen LogP contribution is 2.42. The molecule has 4 nitrogen and oxygen atoms in total. The number of fused-ring (bicyclic) bond motifs is 1. The lowest BCUT2D eigenvalue weighted by molar-refractivity contribution is -0.140. The minimum absolute atomic E-state index is 0.0638. The van der Waals surface area contributed by atoms with Crippen LogP contribution in [0.1, 0.15) is 83.5 Å². The van der Waals surface area contributed by atoms with Crippen LogP contribution in [0.4, 0.5) is 8.78 Å². The normalized spacial score (nSPS) is 32.7. The van der Waals surface area contributed by atoms with E-state index >= 15 is 0 Å². The molecule has 178 valence electrons. The van der Waals surface area contributed by atoms with Crippen molar-refractivity contribution in [3.63, 3.8) is 0 Å². The molecule has 0 radical (unpaired) electrons. The van der Waals surface area contributed by atoms with Gasteiger partial charge in [-0.25, -0.2) is 8.78 Å². The molecule has 1 N–H and O–H groups in total. The molecule has 2 aliphatic carbocycles. The number of allylic oxidation sites excluding steroid dienone is 1. The summed E-state index contributed by atoms with van der Waals surface area (Å²) in [5.41, 5.74) is 0. The van der Waals surface area contributed by atoms with Gasteiger partial charge in [-0.3, -0.25) is 4.79 Å². The molecular formula is C25H40F2O4. The van der Waals surface area contributed by atoms with Crippen LogP contribution in [-0.4, -0.2) is 42.9 Å². The number of rotatable bonds is 9. The van der Waals surface area contributed by atoms with Gasteiger partial charge in [0.1, 0.15) is 0 Å². The molecule has 0 aromatic rings. The van der Waals surface area contributed by atoms with Crippen molar-refractivity contribution < 1.29 is 28.2 Å². The van der Waals surface area contributed by atoms with Crippen molar-refractivity contribution >= 4 is 5.97 Å². The molecule has 0 unspecified atom stereocenters. The lowest BCUT2D eigenvalue weighted by Gasteiger charge is -2.24. The number of hydrogen-bond acceptors (Lipinski definition) is 4. The number of esters is 1. The van der Waals surface area contributed by atoms with E-state index in [0.29, 0.717) is 37.7 Å². The van der Waals surface area contributed by atoms with Crippen LogP contribution in [0.5, 0.6) is 0 Å². The van der Waals surface area contributed by atoms with Crippen molar-refractivity contribution in [2.24, 2.45) is 23.7 Å². The van der Waals surface area contributed by atoms with E-state index in [1.165, 1.54) is 26.4 Å². The fourth-order valence-electron chi connectivity index (χ4n) is 5.79. The number of methoxy groups -OCH3 is 1. The first-order valence-corrected chi connectivity index (χ1v) is 12.3. The van der Waals surface area contributed by atoms with Crippen molar-refractivity contribution in [2.45, 2.75) is 102 Å². The summed E-state index contributed by atoms with van der Waals surface area (Å²) in [5.74, 6) is -2.36. The molecule has 1 aliphatic heterocycles. The van der Waals surface area contributed by atoms with Crippen molar-refractivity contribution in [3.05, 3.63) is 12.2 Å². The minimum atomic E-state index is -2.81. The van der Waals surface area contributed by atoms with Gasteiger partial charge in [-0.2, -0.15) is 0 Å². The highest BCUT2D eigenvalue weighted by Gasteiger charge is 2.43.